The Balaban J connectivity index is 3.04. The lowest BCUT2D eigenvalue weighted by atomic mass is 9.95. The van der Waals surface area contributed by atoms with Crippen molar-refractivity contribution < 1.29 is 9.18 Å². The summed E-state index contributed by atoms with van der Waals surface area (Å²) in [5.41, 5.74) is -0.665. The van der Waals surface area contributed by atoms with Gasteiger partial charge in [-0.05, 0) is 36.5 Å². The van der Waals surface area contributed by atoms with Crippen molar-refractivity contribution in [3.63, 3.8) is 0 Å². The van der Waals surface area contributed by atoms with Crippen LogP contribution in [0.1, 0.15) is 31.9 Å². The molecule has 0 amide bonds. The highest BCUT2D eigenvalue weighted by atomic mass is 35.5. The molecule has 0 aliphatic heterocycles. The van der Waals surface area contributed by atoms with Gasteiger partial charge in [-0.3, -0.25) is 4.79 Å². The number of hydrogen-bond donors (Lipinski definition) is 0. The average Bonchev–Trinajstić information content (AvgIpc) is 2.20. The van der Waals surface area contributed by atoms with Gasteiger partial charge in [-0.2, -0.15) is 0 Å². The zero-order valence-electron chi connectivity index (χ0n) is 9.76. The van der Waals surface area contributed by atoms with E-state index < -0.39 is 5.67 Å². The third-order valence-electron chi connectivity index (χ3n) is 2.47. The Morgan fingerprint density at radius 1 is 1.50 bits per heavy atom. The molecule has 0 saturated heterocycles. The van der Waals surface area contributed by atoms with Gasteiger partial charge in [-0.1, -0.05) is 37.6 Å². The van der Waals surface area contributed by atoms with Gasteiger partial charge in [0.1, 0.15) is 0 Å². The Morgan fingerprint density at radius 2 is 2.12 bits per heavy atom. The van der Waals surface area contributed by atoms with Crippen LogP contribution in [-0.2, 0) is 16.9 Å². The van der Waals surface area contributed by atoms with Gasteiger partial charge in [0.25, 0.3) is 0 Å². The van der Waals surface area contributed by atoms with Gasteiger partial charge < -0.3 is 0 Å². The summed E-state index contributed by atoms with van der Waals surface area (Å²) in [5.74, 6) is 0.492. The predicted molar refractivity (Wildman–Crippen MR) is 64.5 cm³/mol. The molecule has 88 valence electrons. The number of benzene rings is 1. The van der Waals surface area contributed by atoms with Crippen LogP contribution in [0, 0.1) is 5.92 Å². The molecule has 1 aromatic carbocycles. The molecular formula is C13H16ClFO. The molecule has 0 radical (unpaired) electrons. The minimum absolute atomic E-state index is 0.292. The monoisotopic (exact) mass is 242 g/mol. The minimum Gasteiger partial charge on any atom is -0.299 e. The molecule has 0 fully saturated rings. The Labute approximate surface area is 101 Å². The van der Waals surface area contributed by atoms with Crippen molar-refractivity contribution in [1.82, 2.24) is 0 Å². The van der Waals surface area contributed by atoms with Gasteiger partial charge in [-0.25, -0.2) is 4.39 Å². The molecule has 0 bridgehead atoms. The lowest BCUT2D eigenvalue weighted by molar-refractivity contribution is -0.117. The first-order valence-corrected chi connectivity index (χ1v) is 5.68. The Bertz CT molecular complexity index is 386. The Kier molecular flexibility index (Phi) is 4.09. The van der Waals surface area contributed by atoms with Gasteiger partial charge in [-0.15, -0.1) is 0 Å². The normalized spacial score (nSPS) is 14.9. The molecular weight excluding hydrogens is 227 g/mol. The number of rotatable bonds is 4. The average molecular weight is 243 g/mol. The van der Waals surface area contributed by atoms with Crippen molar-refractivity contribution in [2.45, 2.75) is 32.9 Å². The molecule has 1 nitrogen and oxygen atoms in total. The maximum absolute atomic E-state index is 13.7. The van der Waals surface area contributed by atoms with Crippen molar-refractivity contribution in [1.29, 1.82) is 0 Å². The van der Waals surface area contributed by atoms with E-state index in [2.05, 4.69) is 13.8 Å². The van der Waals surface area contributed by atoms with E-state index in [-0.39, 0.29) is 0 Å². The summed E-state index contributed by atoms with van der Waals surface area (Å²) in [4.78, 5) is 10.6. The van der Waals surface area contributed by atoms with E-state index >= 15 is 0 Å². The third kappa shape index (κ3) is 3.05. The van der Waals surface area contributed by atoms with Gasteiger partial charge in [0, 0.05) is 5.02 Å². The molecule has 0 spiro atoms. The maximum atomic E-state index is 13.7. The standard InChI is InChI=1S/C13H16ClFO/c1-9(2)6-10-4-5-11(7-12(10)14)13(3,15)8-16/h4-5,7-9H,6H2,1-3H3. The van der Waals surface area contributed by atoms with Crippen molar-refractivity contribution in [2.75, 3.05) is 0 Å². The largest absolute Gasteiger partial charge is 0.299 e. The van der Waals surface area contributed by atoms with Crippen LogP contribution in [0.25, 0.3) is 0 Å². The van der Waals surface area contributed by atoms with Crippen LogP contribution in [0.2, 0.25) is 5.02 Å². The predicted octanol–water partition coefficient (Wildman–Crippen LogP) is 3.92. The van der Waals surface area contributed by atoms with Gasteiger partial charge in [0.05, 0.1) is 0 Å². The smallest absolute Gasteiger partial charge is 0.188 e. The Morgan fingerprint density at radius 3 is 2.56 bits per heavy atom. The number of carbonyl (C=O) groups excluding carboxylic acids is 1. The molecule has 1 aromatic rings. The lowest BCUT2D eigenvalue weighted by Gasteiger charge is -2.15. The molecule has 1 unspecified atom stereocenters. The number of hydrogen-bond acceptors (Lipinski definition) is 1. The molecule has 0 aliphatic rings. The number of carbonyl (C=O) groups is 1. The molecule has 0 aliphatic carbocycles. The van der Waals surface area contributed by atoms with Crippen molar-refractivity contribution >= 4 is 17.9 Å². The molecule has 0 aromatic heterocycles. The van der Waals surface area contributed by atoms with E-state index in [9.17, 15) is 9.18 Å². The molecule has 3 heteroatoms. The van der Waals surface area contributed by atoms with E-state index in [0.717, 1.165) is 12.0 Å². The molecule has 1 atom stereocenters. The SMILES string of the molecule is CC(C)Cc1ccc(C(C)(F)C=O)cc1Cl. The van der Waals surface area contributed by atoms with Crippen molar-refractivity contribution in [3.05, 3.63) is 34.3 Å². The highest BCUT2D eigenvalue weighted by molar-refractivity contribution is 6.31. The molecule has 1 rings (SSSR count). The van der Waals surface area contributed by atoms with Crippen molar-refractivity contribution in [2.24, 2.45) is 5.92 Å². The summed E-state index contributed by atoms with van der Waals surface area (Å²) in [6.45, 7) is 5.41. The lowest BCUT2D eigenvalue weighted by Crippen LogP contribution is -2.16. The summed E-state index contributed by atoms with van der Waals surface area (Å²) < 4.78 is 13.7. The zero-order chi connectivity index (χ0) is 12.3. The fraction of sp³-hybridized carbons (Fsp3) is 0.462. The molecule has 0 saturated carbocycles. The van der Waals surface area contributed by atoms with E-state index in [1.807, 2.05) is 0 Å². The van der Waals surface area contributed by atoms with Crippen LogP contribution in [0.15, 0.2) is 18.2 Å². The third-order valence-corrected chi connectivity index (χ3v) is 2.82. The van der Waals surface area contributed by atoms with Gasteiger partial charge in [0.15, 0.2) is 12.0 Å². The maximum Gasteiger partial charge on any atom is 0.188 e. The second-order valence-corrected chi connectivity index (χ2v) is 5.00. The van der Waals surface area contributed by atoms with Crippen LogP contribution < -0.4 is 0 Å². The highest BCUT2D eigenvalue weighted by Gasteiger charge is 2.25. The van der Waals surface area contributed by atoms with E-state index in [0.29, 0.717) is 22.8 Å². The molecule has 0 N–H and O–H groups in total. The van der Waals surface area contributed by atoms with E-state index in [1.54, 1.807) is 12.1 Å². The first kappa shape index (κ1) is 13.2. The second-order valence-electron chi connectivity index (χ2n) is 4.60. The molecule has 0 heterocycles. The quantitative estimate of drug-likeness (QED) is 0.732. The summed E-state index contributed by atoms with van der Waals surface area (Å²) in [6.07, 6.45) is 1.14. The minimum atomic E-state index is -1.96. The van der Waals surface area contributed by atoms with E-state index in [1.165, 1.54) is 13.0 Å². The second kappa shape index (κ2) is 4.96. The van der Waals surface area contributed by atoms with Gasteiger partial charge in [0.2, 0.25) is 0 Å². The first-order valence-electron chi connectivity index (χ1n) is 5.31. The van der Waals surface area contributed by atoms with Crippen LogP contribution in [0.4, 0.5) is 4.39 Å². The van der Waals surface area contributed by atoms with Crippen molar-refractivity contribution in [3.8, 4) is 0 Å². The topological polar surface area (TPSA) is 17.1 Å². The van der Waals surface area contributed by atoms with Crippen LogP contribution in [0.3, 0.4) is 0 Å². The van der Waals surface area contributed by atoms with E-state index in [4.69, 9.17) is 11.6 Å². The number of alkyl halides is 1. The van der Waals surface area contributed by atoms with Crippen LogP contribution in [-0.4, -0.2) is 6.29 Å². The number of aldehydes is 1. The summed E-state index contributed by atoms with van der Waals surface area (Å²) in [5, 5.41) is 0.525. The van der Waals surface area contributed by atoms with Crippen LogP contribution in [0.5, 0.6) is 0 Å². The fourth-order valence-electron chi connectivity index (χ4n) is 1.52. The summed E-state index contributed by atoms with van der Waals surface area (Å²) >= 11 is 6.05. The first-order chi connectivity index (χ1) is 7.36. The highest BCUT2D eigenvalue weighted by Crippen LogP contribution is 2.28. The Hall–Kier alpha value is -0.890. The fourth-order valence-corrected chi connectivity index (χ4v) is 1.78. The van der Waals surface area contributed by atoms with Crippen LogP contribution >= 0.6 is 11.6 Å². The summed E-state index contributed by atoms with van der Waals surface area (Å²) in [7, 11) is 0. The zero-order valence-corrected chi connectivity index (χ0v) is 10.5. The van der Waals surface area contributed by atoms with Gasteiger partial charge >= 0.3 is 0 Å². The number of halogens is 2. The molecule has 16 heavy (non-hydrogen) atoms. The summed E-state index contributed by atoms with van der Waals surface area (Å²) in [6, 6.07) is 4.95.